The molecule has 18 heavy (non-hydrogen) atoms. The van der Waals surface area contributed by atoms with E-state index in [4.69, 9.17) is 0 Å². The van der Waals surface area contributed by atoms with Crippen LogP contribution in [0.25, 0.3) is 0 Å². The fourth-order valence-electron chi connectivity index (χ4n) is 1.61. The largest absolute Gasteiger partial charge is 0.508 e. The molecule has 1 rings (SSSR count). The number of carbonyl (C=O) groups is 1. The standard InChI is InChI=1S/C14H21NO3/c1-3-10(2)14(18)15-12(9-16)8-11-4-6-13(17)7-5-11/h4-7,10,12,16-17H,3,8-9H2,1-2H3,(H,15,18)/t10?,12-/m0/s1. The number of rotatable bonds is 6. The maximum absolute atomic E-state index is 11.7. The third kappa shape index (κ3) is 4.37. The molecule has 0 aliphatic heterocycles. The Labute approximate surface area is 108 Å². The Bertz CT molecular complexity index is 375. The first kappa shape index (κ1) is 14.5. The Balaban J connectivity index is 2.56. The van der Waals surface area contributed by atoms with Gasteiger partial charge in [-0.2, -0.15) is 0 Å². The minimum Gasteiger partial charge on any atom is -0.508 e. The molecule has 4 nitrogen and oxygen atoms in total. The third-order valence-corrected chi connectivity index (χ3v) is 3.05. The van der Waals surface area contributed by atoms with Crippen LogP contribution < -0.4 is 5.32 Å². The fourth-order valence-corrected chi connectivity index (χ4v) is 1.61. The zero-order valence-corrected chi connectivity index (χ0v) is 10.9. The van der Waals surface area contributed by atoms with E-state index in [0.29, 0.717) is 6.42 Å². The molecule has 0 fully saturated rings. The molecule has 1 aromatic rings. The summed E-state index contributed by atoms with van der Waals surface area (Å²) in [4.78, 5) is 11.7. The van der Waals surface area contributed by atoms with Crippen LogP contribution >= 0.6 is 0 Å². The van der Waals surface area contributed by atoms with Gasteiger partial charge in [0.15, 0.2) is 0 Å². The molecule has 3 N–H and O–H groups in total. The summed E-state index contributed by atoms with van der Waals surface area (Å²) in [6.07, 6.45) is 1.34. The molecule has 1 unspecified atom stereocenters. The maximum Gasteiger partial charge on any atom is 0.223 e. The van der Waals surface area contributed by atoms with Crippen LogP contribution in [0.1, 0.15) is 25.8 Å². The maximum atomic E-state index is 11.7. The van der Waals surface area contributed by atoms with Crippen LogP contribution in [0.4, 0.5) is 0 Å². The van der Waals surface area contributed by atoms with E-state index in [1.54, 1.807) is 24.3 Å². The Morgan fingerprint density at radius 1 is 1.33 bits per heavy atom. The van der Waals surface area contributed by atoms with Gasteiger partial charge in [-0.3, -0.25) is 4.79 Å². The molecule has 4 heteroatoms. The van der Waals surface area contributed by atoms with Crippen molar-refractivity contribution in [3.8, 4) is 5.75 Å². The van der Waals surface area contributed by atoms with Gasteiger partial charge in [-0.05, 0) is 30.5 Å². The first-order valence-corrected chi connectivity index (χ1v) is 6.26. The number of amides is 1. The monoisotopic (exact) mass is 251 g/mol. The topological polar surface area (TPSA) is 69.6 Å². The number of nitrogens with one attached hydrogen (secondary N) is 1. The van der Waals surface area contributed by atoms with E-state index in [1.807, 2.05) is 13.8 Å². The van der Waals surface area contributed by atoms with E-state index in [9.17, 15) is 15.0 Å². The first-order valence-electron chi connectivity index (χ1n) is 6.26. The number of carbonyl (C=O) groups excluding carboxylic acids is 1. The third-order valence-electron chi connectivity index (χ3n) is 3.05. The highest BCUT2D eigenvalue weighted by Crippen LogP contribution is 2.11. The lowest BCUT2D eigenvalue weighted by atomic mass is 10.0. The molecule has 0 aromatic heterocycles. The normalized spacial score (nSPS) is 13.9. The van der Waals surface area contributed by atoms with Crippen molar-refractivity contribution < 1.29 is 15.0 Å². The minimum atomic E-state index is -0.281. The number of phenols is 1. The Kier molecular flexibility index (Phi) is 5.65. The molecule has 0 bridgehead atoms. The van der Waals surface area contributed by atoms with Crippen LogP contribution in [0.15, 0.2) is 24.3 Å². The van der Waals surface area contributed by atoms with Gasteiger partial charge < -0.3 is 15.5 Å². The van der Waals surface area contributed by atoms with Gasteiger partial charge in [-0.15, -0.1) is 0 Å². The van der Waals surface area contributed by atoms with Gasteiger partial charge in [0.05, 0.1) is 12.6 Å². The van der Waals surface area contributed by atoms with Gasteiger partial charge in [0, 0.05) is 5.92 Å². The number of aliphatic hydroxyl groups is 1. The highest BCUT2D eigenvalue weighted by Gasteiger charge is 2.16. The van der Waals surface area contributed by atoms with Crippen molar-refractivity contribution in [2.45, 2.75) is 32.7 Å². The van der Waals surface area contributed by atoms with Crippen molar-refractivity contribution in [2.75, 3.05) is 6.61 Å². The number of phenolic OH excluding ortho intramolecular Hbond substituents is 1. The van der Waals surface area contributed by atoms with Crippen LogP contribution in [-0.2, 0) is 11.2 Å². The summed E-state index contributed by atoms with van der Waals surface area (Å²) in [6, 6.07) is 6.48. The second-order valence-electron chi connectivity index (χ2n) is 4.57. The molecule has 0 saturated carbocycles. The lowest BCUT2D eigenvalue weighted by molar-refractivity contribution is -0.125. The van der Waals surface area contributed by atoms with E-state index in [1.165, 1.54) is 0 Å². The van der Waals surface area contributed by atoms with Gasteiger partial charge in [0.25, 0.3) is 0 Å². The minimum absolute atomic E-state index is 0.0321. The quantitative estimate of drug-likeness (QED) is 0.717. The highest BCUT2D eigenvalue weighted by atomic mass is 16.3. The number of benzene rings is 1. The summed E-state index contributed by atoms with van der Waals surface area (Å²) in [7, 11) is 0. The molecule has 0 heterocycles. The summed E-state index contributed by atoms with van der Waals surface area (Å²) in [5.74, 6) is 0.136. The van der Waals surface area contributed by atoms with E-state index in [-0.39, 0.29) is 30.2 Å². The second kappa shape index (κ2) is 7.01. The first-order chi connectivity index (χ1) is 8.56. The van der Waals surface area contributed by atoms with Crippen LogP contribution in [0.3, 0.4) is 0 Å². The summed E-state index contributed by atoms with van der Waals surface area (Å²) in [6.45, 7) is 3.73. The molecule has 0 radical (unpaired) electrons. The molecule has 0 aliphatic rings. The van der Waals surface area contributed by atoms with Crippen LogP contribution in [0.2, 0.25) is 0 Å². The van der Waals surface area contributed by atoms with Gasteiger partial charge in [0.2, 0.25) is 5.91 Å². The Morgan fingerprint density at radius 3 is 2.44 bits per heavy atom. The molecule has 100 valence electrons. The number of hydrogen-bond donors (Lipinski definition) is 3. The Hall–Kier alpha value is -1.55. The second-order valence-corrected chi connectivity index (χ2v) is 4.57. The SMILES string of the molecule is CCC(C)C(=O)N[C@H](CO)Cc1ccc(O)cc1. The van der Waals surface area contributed by atoms with E-state index in [2.05, 4.69) is 5.32 Å². The lowest BCUT2D eigenvalue weighted by Crippen LogP contribution is -2.41. The highest BCUT2D eigenvalue weighted by molar-refractivity contribution is 5.78. The molecule has 2 atom stereocenters. The summed E-state index contributed by atoms with van der Waals surface area (Å²) in [5, 5.41) is 21.3. The number of hydrogen-bond acceptors (Lipinski definition) is 3. The number of aromatic hydroxyl groups is 1. The smallest absolute Gasteiger partial charge is 0.223 e. The molecule has 0 aliphatic carbocycles. The molecule has 1 amide bonds. The van der Waals surface area contributed by atoms with E-state index in [0.717, 1.165) is 12.0 Å². The van der Waals surface area contributed by atoms with E-state index >= 15 is 0 Å². The number of aliphatic hydroxyl groups excluding tert-OH is 1. The van der Waals surface area contributed by atoms with Gasteiger partial charge in [-0.25, -0.2) is 0 Å². The van der Waals surface area contributed by atoms with Crippen molar-refractivity contribution in [3.63, 3.8) is 0 Å². The average Bonchev–Trinajstić information content (AvgIpc) is 2.39. The van der Waals surface area contributed by atoms with Crippen molar-refractivity contribution >= 4 is 5.91 Å². The van der Waals surface area contributed by atoms with Gasteiger partial charge in [0.1, 0.15) is 5.75 Å². The average molecular weight is 251 g/mol. The predicted octanol–water partition coefficient (Wildman–Crippen LogP) is 1.46. The van der Waals surface area contributed by atoms with Crippen molar-refractivity contribution in [1.29, 1.82) is 0 Å². The molecule has 1 aromatic carbocycles. The Morgan fingerprint density at radius 2 is 1.94 bits per heavy atom. The molecular weight excluding hydrogens is 230 g/mol. The zero-order chi connectivity index (χ0) is 13.5. The summed E-state index contributed by atoms with van der Waals surface area (Å²) < 4.78 is 0. The fraction of sp³-hybridized carbons (Fsp3) is 0.500. The lowest BCUT2D eigenvalue weighted by Gasteiger charge is -2.18. The summed E-state index contributed by atoms with van der Waals surface area (Å²) in [5.41, 5.74) is 0.969. The van der Waals surface area contributed by atoms with Crippen molar-refractivity contribution in [2.24, 2.45) is 5.92 Å². The van der Waals surface area contributed by atoms with Gasteiger partial charge >= 0.3 is 0 Å². The van der Waals surface area contributed by atoms with Gasteiger partial charge in [-0.1, -0.05) is 26.0 Å². The van der Waals surface area contributed by atoms with Crippen molar-refractivity contribution in [1.82, 2.24) is 5.32 Å². The zero-order valence-electron chi connectivity index (χ0n) is 10.9. The molecule has 0 spiro atoms. The van der Waals surface area contributed by atoms with Crippen LogP contribution in [0, 0.1) is 5.92 Å². The van der Waals surface area contributed by atoms with Crippen molar-refractivity contribution in [3.05, 3.63) is 29.8 Å². The van der Waals surface area contributed by atoms with E-state index < -0.39 is 0 Å². The molecular formula is C14H21NO3. The summed E-state index contributed by atoms with van der Waals surface area (Å²) >= 11 is 0. The van der Waals surface area contributed by atoms with Crippen LogP contribution in [-0.4, -0.2) is 28.8 Å². The predicted molar refractivity (Wildman–Crippen MR) is 70.3 cm³/mol. The van der Waals surface area contributed by atoms with Crippen LogP contribution in [0.5, 0.6) is 5.75 Å². The molecule has 0 saturated heterocycles.